The average Bonchev–Trinajstić information content (AvgIpc) is 3.79. The molecule has 1 fully saturated rings. The van der Waals surface area contributed by atoms with Crippen molar-refractivity contribution in [1.29, 1.82) is 0 Å². The maximum Gasteiger partial charge on any atom is 0.187 e. The third kappa shape index (κ3) is 8.11. The lowest BCUT2D eigenvalue weighted by Crippen LogP contribution is -2.36. The molecule has 0 heterocycles. The van der Waals surface area contributed by atoms with Gasteiger partial charge in [0.1, 0.15) is 4.75 Å². The second kappa shape index (κ2) is 16.1. The first-order valence-corrected chi connectivity index (χ1v) is 19.0. The van der Waals surface area contributed by atoms with Crippen LogP contribution in [0.2, 0.25) is 0 Å². The van der Waals surface area contributed by atoms with Gasteiger partial charge in [-0.2, -0.15) is 11.8 Å². The van der Waals surface area contributed by atoms with E-state index in [1.165, 1.54) is 0 Å². The van der Waals surface area contributed by atoms with E-state index >= 15 is 0 Å². The van der Waals surface area contributed by atoms with E-state index in [2.05, 4.69) is 12.1 Å². The third-order valence-corrected chi connectivity index (χ3v) is 12.9. The van der Waals surface area contributed by atoms with Crippen molar-refractivity contribution in [3.8, 4) is 0 Å². The lowest BCUT2D eigenvalue weighted by molar-refractivity contribution is -0.0520. The summed E-state index contributed by atoms with van der Waals surface area (Å²) in [7, 11) is -3.89. The lowest BCUT2D eigenvalue weighted by atomic mass is 10.2. The van der Waals surface area contributed by atoms with Crippen molar-refractivity contribution in [3.63, 3.8) is 0 Å². The minimum Gasteiger partial charge on any atom is -0.374 e. The first-order chi connectivity index (χ1) is 23.5. The van der Waals surface area contributed by atoms with Crippen LogP contribution in [-0.4, -0.2) is 37.7 Å². The zero-order valence-electron chi connectivity index (χ0n) is 27.2. The second-order valence-corrected chi connectivity index (χ2v) is 15.6. The molecule has 1 saturated carbocycles. The Balaban J connectivity index is 1.36. The minimum absolute atomic E-state index is 0.228. The predicted octanol–water partition coefficient (Wildman–Crippen LogP) is 8.46. The topological polar surface area (TPSA) is 61.8 Å². The van der Waals surface area contributed by atoms with Crippen molar-refractivity contribution >= 4 is 21.6 Å². The predicted molar refractivity (Wildman–Crippen MR) is 193 cm³/mol. The average molecular weight is 679 g/mol. The van der Waals surface area contributed by atoms with Crippen molar-refractivity contribution in [2.75, 3.05) is 12.4 Å². The Morgan fingerprint density at radius 2 is 1.15 bits per heavy atom. The van der Waals surface area contributed by atoms with Crippen LogP contribution in [0.1, 0.15) is 27.8 Å². The maximum atomic E-state index is 15.0. The van der Waals surface area contributed by atoms with E-state index in [9.17, 15) is 8.42 Å². The molecule has 1 aliphatic rings. The Morgan fingerprint density at radius 1 is 0.646 bits per heavy atom. The van der Waals surface area contributed by atoms with Gasteiger partial charge in [-0.05, 0) is 41.3 Å². The molecule has 0 spiro atoms. The number of ether oxygens (including phenoxy) is 3. The van der Waals surface area contributed by atoms with Gasteiger partial charge in [-0.15, -0.1) is 0 Å². The van der Waals surface area contributed by atoms with Crippen molar-refractivity contribution in [2.24, 2.45) is 5.92 Å². The SMILES string of the molecule is Cc1ccc(S(=O)(=O)[C@]2(CSCc3ccccc3)[C@@H]([C@H](COCc3ccccc3)OCc3ccccc3)[C@H]2OCc2ccccc2)cc1. The Hall–Kier alpha value is -3.72. The van der Waals surface area contributed by atoms with E-state index in [4.69, 9.17) is 14.2 Å². The summed E-state index contributed by atoms with van der Waals surface area (Å²) < 4.78 is 48.4. The fourth-order valence-electron chi connectivity index (χ4n) is 6.25. The summed E-state index contributed by atoms with van der Waals surface area (Å²) in [6.45, 7) is 3.22. The molecule has 7 heteroatoms. The van der Waals surface area contributed by atoms with Crippen LogP contribution >= 0.6 is 11.8 Å². The highest BCUT2D eigenvalue weighted by Gasteiger charge is 2.76. The maximum absolute atomic E-state index is 15.0. The van der Waals surface area contributed by atoms with Crippen LogP contribution in [0, 0.1) is 12.8 Å². The number of thioether (sulfide) groups is 1. The van der Waals surface area contributed by atoms with Gasteiger partial charge in [0.15, 0.2) is 9.84 Å². The number of hydrogen-bond acceptors (Lipinski definition) is 6. The number of hydrogen-bond donors (Lipinski definition) is 0. The molecule has 4 atom stereocenters. The normalized spacial score (nSPS) is 19.5. The van der Waals surface area contributed by atoms with Crippen molar-refractivity contribution in [3.05, 3.63) is 173 Å². The molecule has 1 aliphatic carbocycles. The smallest absolute Gasteiger partial charge is 0.187 e. The van der Waals surface area contributed by atoms with Crippen LogP contribution in [0.4, 0.5) is 0 Å². The number of sulfone groups is 1. The molecule has 0 N–H and O–H groups in total. The third-order valence-electron chi connectivity index (χ3n) is 8.91. The largest absolute Gasteiger partial charge is 0.374 e. The highest BCUT2D eigenvalue weighted by atomic mass is 32.2. The molecule has 5 nitrogen and oxygen atoms in total. The van der Waals surface area contributed by atoms with E-state index < -0.39 is 32.7 Å². The molecular formula is C41H42O5S2. The monoisotopic (exact) mass is 678 g/mol. The Kier molecular flexibility index (Phi) is 11.5. The van der Waals surface area contributed by atoms with Crippen LogP contribution in [0.3, 0.4) is 0 Å². The first-order valence-electron chi connectivity index (χ1n) is 16.3. The van der Waals surface area contributed by atoms with Gasteiger partial charge in [-0.25, -0.2) is 8.42 Å². The molecule has 6 rings (SSSR count). The van der Waals surface area contributed by atoms with Crippen molar-refractivity contribution in [2.45, 2.75) is 54.3 Å². The van der Waals surface area contributed by atoms with E-state index in [1.807, 2.05) is 128 Å². The van der Waals surface area contributed by atoms with Crippen LogP contribution < -0.4 is 0 Å². The summed E-state index contributed by atoms with van der Waals surface area (Å²) in [5.41, 5.74) is 5.20. The van der Waals surface area contributed by atoms with Gasteiger partial charge in [-0.1, -0.05) is 139 Å². The van der Waals surface area contributed by atoms with Crippen LogP contribution in [0.5, 0.6) is 0 Å². The summed E-state index contributed by atoms with van der Waals surface area (Å²) in [6, 6.07) is 47.2. The molecule has 0 radical (unpaired) electrons. The molecule has 0 amide bonds. The molecule has 0 unspecified atom stereocenters. The van der Waals surface area contributed by atoms with E-state index in [1.54, 1.807) is 23.9 Å². The van der Waals surface area contributed by atoms with Gasteiger partial charge in [0.2, 0.25) is 0 Å². The van der Waals surface area contributed by atoms with Gasteiger partial charge < -0.3 is 14.2 Å². The van der Waals surface area contributed by atoms with Gasteiger partial charge in [-0.3, -0.25) is 0 Å². The fourth-order valence-corrected chi connectivity index (χ4v) is 10.3. The zero-order chi connectivity index (χ0) is 33.2. The zero-order valence-corrected chi connectivity index (χ0v) is 28.8. The lowest BCUT2D eigenvalue weighted by Gasteiger charge is -2.23. The molecule has 48 heavy (non-hydrogen) atoms. The quantitative estimate of drug-likeness (QED) is 0.0984. The highest BCUT2D eigenvalue weighted by molar-refractivity contribution is 8.00. The molecule has 0 bridgehead atoms. The fraction of sp³-hybridized carbons (Fsp3) is 0.268. The van der Waals surface area contributed by atoms with Gasteiger partial charge >= 0.3 is 0 Å². The van der Waals surface area contributed by atoms with E-state index in [0.717, 1.165) is 27.8 Å². The summed E-state index contributed by atoms with van der Waals surface area (Å²) in [4.78, 5) is 0.302. The standard InChI is InChI=1S/C41H42O5S2/c1-32-22-24-37(25-23-32)48(42,43)41(31-47-30-36-20-12-5-13-21-36)39(40(41)46-28-35-18-10-4-11-19-35)38(45-27-34-16-8-3-9-17-34)29-44-26-33-14-6-2-7-15-33/h2-25,38-40H,26-31H2,1H3/t38-,39-,40+,41+/m0/s1. The molecule has 5 aromatic rings. The number of aryl methyl sites for hydroxylation is 1. The molecule has 0 saturated heterocycles. The second-order valence-electron chi connectivity index (χ2n) is 12.3. The van der Waals surface area contributed by atoms with E-state index in [0.29, 0.717) is 36.2 Å². The van der Waals surface area contributed by atoms with Crippen LogP contribution in [-0.2, 0) is 49.6 Å². The molecule has 248 valence electrons. The number of benzene rings is 5. The van der Waals surface area contributed by atoms with Crippen LogP contribution in [0.25, 0.3) is 0 Å². The Labute approximate surface area is 289 Å². The summed E-state index contributed by atoms with van der Waals surface area (Å²) in [6.07, 6.45) is -1.14. The molecule has 5 aromatic carbocycles. The van der Waals surface area contributed by atoms with Crippen molar-refractivity contribution < 1.29 is 22.6 Å². The van der Waals surface area contributed by atoms with Crippen LogP contribution in [0.15, 0.2) is 150 Å². The van der Waals surface area contributed by atoms with Gasteiger partial charge in [0.25, 0.3) is 0 Å². The Bertz CT molecular complexity index is 1800. The molecule has 0 aromatic heterocycles. The number of rotatable bonds is 17. The molecule has 0 aliphatic heterocycles. The van der Waals surface area contributed by atoms with Gasteiger partial charge in [0, 0.05) is 17.4 Å². The van der Waals surface area contributed by atoms with Gasteiger partial charge in [0.05, 0.1) is 43.5 Å². The van der Waals surface area contributed by atoms with E-state index in [-0.39, 0.29) is 6.61 Å². The highest BCUT2D eigenvalue weighted by Crippen LogP contribution is 2.59. The summed E-state index contributed by atoms with van der Waals surface area (Å²) >= 11 is 1.63. The van der Waals surface area contributed by atoms with Crippen molar-refractivity contribution in [1.82, 2.24) is 0 Å². The summed E-state index contributed by atoms with van der Waals surface area (Å²) in [5, 5.41) is 0. The minimum atomic E-state index is -3.89. The first kappa shape index (κ1) is 34.2. The Morgan fingerprint density at radius 3 is 1.71 bits per heavy atom. The summed E-state index contributed by atoms with van der Waals surface area (Å²) in [5.74, 6) is 0.575. The molecular weight excluding hydrogens is 637 g/mol.